The number of ether oxygens (including phenoxy) is 1. The van der Waals surface area contributed by atoms with Crippen LogP contribution in [0.25, 0.3) is 0 Å². The van der Waals surface area contributed by atoms with Gasteiger partial charge in [0, 0.05) is 32.7 Å². The molecule has 0 aliphatic carbocycles. The quantitative estimate of drug-likeness (QED) is 0.800. The summed E-state index contributed by atoms with van der Waals surface area (Å²) in [6, 6.07) is 16.2. The summed E-state index contributed by atoms with van der Waals surface area (Å²) in [5.74, 6) is 1.00. The van der Waals surface area contributed by atoms with E-state index < -0.39 is 0 Å². The van der Waals surface area contributed by atoms with Crippen molar-refractivity contribution in [3.8, 4) is 5.75 Å². The monoisotopic (exact) mass is 382 g/mol. The van der Waals surface area contributed by atoms with Gasteiger partial charge in [0.1, 0.15) is 12.4 Å². The van der Waals surface area contributed by atoms with Crippen LogP contribution >= 0.6 is 0 Å². The van der Waals surface area contributed by atoms with Gasteiger partial charge in [0.05, 0.1) is 13.0 Å². The minimum atomic E-state index is 0.0167. The fourth-order valence-corrected chi connectivity index (χ4v) is 3.53. The molecule has 5 heteroatoms. The first-order valence-corrected chi connectivity index (χ1v) is 10.0. The molecule has 0 aromatic heterocycles. The van der Waals surface area contributed by atoms with Crippen LogP contribution in [0.15, 0.2) is 48.5 Å². The standard InChI is InChI=1S/C23H30N2O3/c1-19-6-8-20(9-7-19)17-23(27)25-11-3-10-24(12-13-25)18-21-4-2-5-22(16-21)28-15-14-26/h2,4-9,16,26H,3,10-15,17-18H2,1H3. The Kier molecular flexibility index (Phi) is 7.46. The van der Waals surface area contributed by atoms with Crippen LogP contribution in [0, 0.1) is 6.92 Å². The molecule has 0 bridgehead atoms. The predicted octanol–water partition coefficient (Wildman–Crippen LogP) is 2.64. The molecule has 0 radical (unpaired) electrons. The van der Waals surface area contributed by atoms with Crippen molar-refractivity contribution in [1.82, 2.24) is 9.80 Å². The molecule has 0 spiro atoms. The Bertz CT molecular complexity index is 761. The molecule has 0 atom stereocenters. The van der Waals surface area contributed by atoms with Gasteiger partial charge >= 0.3 is 0 Å². The van der Waals surface area contributed by atoms with Crippen LogP contribution in [-0.4, -0.2) is 60.2 Å². The molecular weight excluding hydrogens is 352 g/mol. The maximum atomic E-state index is 12.7. The van der Waals surface area contributed by atoms with E-state index in [1.165, 1.54) is 11.1 Å². The Labute approximate surface area is 167 Å². The summed E-state index contributed by atoms with van der Waals surface area (Å²) < 4.78 is 5.50. The number of hydrogen-bond acceptors (Lipinski definition) is 4. The third-order valence-corrected chi connectivity index (χ3v) is 5.08. The van der Waals surface area contributed by atoms with E-state index in [0.717, 1.165) is 50.5 Å². The second-order valence-electron chi connectivity index (χ2n) is 7.39. The Morgan fingerprint density at radius 3 is 2.64 bits per heavy atom. The number of nitrogens with zero attached hydrogens (tertiary/aromatic N) is 2. The molecule has 28 heavy (non-hydrogen) atoms. The van der Waals surface area contributed by atoms with E-state index >= 15 is 0 Å². The van der Waals surface area contributed by atoms with Crippen LogP contribution in [0.5, 0.6) is 5.75 Å². The molecular formula is C23H30N2O3. The topological polar surface area (TPSA) is 53.0 Å². The highest BCUT2D eigenvalue weighted by atomic mass is 16.5. The zero-order chi connectivity index (χ0) is 19.8. The smallest absolute Gasteiger partial charge is 0.227 e. The van der Waals surface area contributed by atoms with Crippen molar-refractivity contribution in [2.45, 2.75) is 26.3 Å². The average molecular weight is 383 g/mol. The van der Waals surface area contributed by atoms with Crippen LogP contribution in [0.2, 0.25) is 0 Å². The maximum Gasteiger partial charge on any atom is 0.227 e. The number of amides is 1. The van der Waals surface area contributed by atoms with Crippen molar-refractivity contribution in [2.75, 3.05) is 39.4 Å². The molecule has 0 saturated carbocycles. The highest BCUT2D eigenvalue weighted by molar-refractivity contribution is 5.78. The first-order chi connectivity index (χ1) is 13.6. The van der Waals surface area contributed by atoms with Crippen LogP contribution in [0.3, 0.4) is 0 Å². The van der Waals surface area contributed by atoms with Gasteiger partial charge in [0.15, 0.2) is 0 Å². The lowest BCUT2D eigenvalue weighted by Gasteiger charge is -2.22. The number of benzene rings is 2. The van der Waals surface area contributed by atoms with Crippen molar-refractivity contribution in [3.05, 3.63) is 65.2 Å². The average Bonchev–Trinajstić information content (AvgIpc) is 2.94. The van der Waals surface area contributed by atoms with Crippen LogP contribution < -0.4 is 4.74 Å². The molecule has 0 unspecified atom stereocenters. The van der Waals surface area contributed by atoms with Gasteiger partial charge in [-0.1, -0.05) is 42.0 Å². The Hall–Kier alpha value is -2.37. The minimum absolute atomic E-state index is 0.0167. The van der Waals surface area contributed by atoms with Gasteiger partial charge in [-0.25, -0.2) is 0 Å². The molecule has 1 fully saturated rings. The normalized spacial score (nSPS) is 15.3. The second-order valence-corrected chi connectivity index (χ2v) is 7.39. The van der Waals surface area contributed by atoms with Gasteiger partial charge in [0.25, 0.3) is 0 Å². The van der Waals surface area contributed by atoms with E-state index in [0.29, 0.717) is 13.0 Å². The lowest BCUT2D eigenvalue weighted by atomic mass is 10.1. The lowest BCUT2D eigenvalue weighted by Crippen LogP contribution is -2.36. The van der Waals surface area contributed by atoms with Crippen molar-refractivity contribution < 1.29 is 14.6 Å². The Morgan fingerprint density at radius 2 is 1.86 bits per heavy atom. The molecule has 1 saturated heterocycles. The van der Waals surface area contributed by atoms with E-state index in [4.69, 9.17) is 9.84 Å². The molecule has 1 aliphatic rings. The Morgan fingerprint density at radius 1 is 1.04 bits per heavy atom. The summed E-state index contributed by atoms with van der Waals surface area (Å²) in [7, 11) is 0. The van der Waals surface area contributed by atoms with Crippen molar-refractivity contribution in [1.29, 1.82) is 0 Å². The molecule has 2 aromatic carbocycles. The van der Waals surface area contributed by atoms with Gasteiger partial charge < -0.3 is 14.7 Å². The molecule has 1 heterocycles. The second kappa shape index (κ2) is 10.2. The number of aliphatic hydroxyl groups excluding tert-OH is 1. The zero-order valence-electron chi connectivity index (χ0n) is 16.6. The highest BCUT2D eigenvalue weighted by Crippen LogP contribution is 2.16. The van der Waals surface area contributed by atoms with Crippen molar-refractivity contribution in [2.24, 2.45) is 0 Å². The molecule has 3 rings (SSSR count). The number of carbonyl (C=O) groups is 1. The fraction of sp³-hybridized carbons (Fsp3) is 0.435. The number of hydrogen-bond donors (Lipinski definition) is 1. The fourth-order valence-electron chi connectivity index (χ4n) is 3.53. The summed E-state index contributed by atoms with van der Waals surface area (Å²) in [6.07, 6.45) is 1.46. The first-order valence-electron chi connectivity index (χ1n) is 10.0. The number of aryl methyl sites for hydroxylation is 1. The van der Waals surface area contributed by atoms with Crippen LogP contribution in [0.1, 0.15) is 23.1 Å². The third-order valence-electron chi connectivity index (χ3n) is 5.08. The van der Waals surface area contributed by atoms with Crippen molar-refractivity contribution in [3.63, 3.8) is 0 Å². The van der Waals surface area contributed by atoms with Crippen LogP contribution in [0.4, 0.5) is 0 Å². The zero-order valence-corrected chi connectivity index (χ0v) is 16.6. The van der Waals surface area contributed by atoms with E-state index in [-0.39, 0.29) is 12.5 Å². The molecule has 1 amide bonds. The predicted molar refractivity (Wildman–Crippen MR) is 110 cm³/mol. The summed E-state index contributed by atoms with van der Waals surface area (Å²) in [6.45, 7) is 6.68. The van der Waals surface area contributed by atoms with E-state index in [1.54, 1.807) is 0 Å². The van der Waals surface area contributed by atoms with E-state index in [1.807, 2.05) is 35.2 Å². The molecule has 1 aliphatic heterocycles. The SMILES string of the molecule is Cc1ccc(CC(=O)N2CCCN(Cc3cccc(OCCO)c3)CC2)cc1. The molecule has 150 valence electrons. The van der Waals surface area contributed by atoms with E-state index in [9.17, 15) is 4.79 Å². The molecule has 2 aromatic rings. The van der Waals surface area contributed by atoms with Crippen molar-refractivity contribution >= 4 is 5.91 Å². The van der Waals surface area contributed by atoms with Gasteiger partial charge in [-0.15, -0.1) is 0 Å². The molecule has 1 N–H and O–H groups in total. The largest absolute Gasteiger partial charge is 0.491 e. The summed E-state index contributed by atoms with van der Waals surface area (Å²) in [5, 5.41) is 8.90. The number of rotatable bonds is 7. The first kappa shape index (κ1) is 20.4. The van der Waals surface area contributed by atoms with Crippen LogP contribution in [-0.2, 0) is 17.8 Å². The highest BCUT2D eigenvalue weighted by Gasteiger charge is 2.19. The summed E-state index contributed by atoms with van der Waals surface area (Å²) in [4.78, 5) is 17.1. The molecule has 5 nitrogen and oxygen atoms in total. The van der Waals surface area contributed by atoms with Gasteiger partial charge in [-0.2, -0.15) is 0 Å². The Balaban J connectivity index is 1.51. The van der Waals surface area contributed by atoms with Gasteiger partial charge in [0.2, 0.25) is 5.91 Å². The number of aliphatic hydroxyl groups is 1. The third kappa shape index (κ3) is 6.08. The minimum Gasteiger partial charge on any atom is -0.491 e. The van der Waals surface area contributed by atoms with E-state index in [2.05, 4.69) is 30.0 Å². The van der Waals surface area contributed by atoms with Gasteiger partial charge in [-0.3, -0.25) is 9.69 Å². The lowest BCUT2D eigenvalue weighted by molar-refractivity contribution is -0.130. The summed E-state index contributed by atoms with van der Waals surface area (Å²) >= 11 is 0. The summed E-state index contributed by atoms with van der Waals surface area (Å²) in [5.41, 5.74) is 3.48. The van der Waals surface area contributed by atoms with Gasteiger partial charge in [-0.05, 0) is 36.6 Å². The number of carbonyl (C=O) groups excluding carboxylic acids is 1. The maximum absolute atomic E-state index is 12.7.